The third kappa shape index (κ3) is 4.93. The first-order valence-corrected chi connectivity index (χ1v) is 11.4. The largest absolute Gasteiger partial charge is 0.431 e. The molecule has 2 N–H and O–H groups in total. The summed E-state index contributed by atoms with van der Waals surface area (Å²) < 4.78 is 7.01. The minimum atomic E-state index is -0.303. The van der Waals surface area contributed by atoms with Gasteiger partial charge >= 0.3 is 5.97 Å². The molecule has 1 aliphatic rings. The van der Waals surface area contributed by atoms with Crippen molar-refractivity contribution in [2.24, 2.45) is 0 Å². The van der Waals surface area contributed by atoms with Gasteiger partial charge in [0.25, 0.3) is 0 Å². The van der Waals surface area contributed by atoms with Crippen LogP contribution >= 0.6 is 0 Å². The quantitative estimate of drug-likeness (QED) is 0.321. The van der Waals surface area contributed by atoms with Crippen LogP contribution in [0.2, 0.25) is 0 Å². The average Bonchev–Trinajstić information content (AvgIpc) is 3.40. The highest BCUT2D eigenvalue weighted by molar-refractivity contribution is 5.83. The maximum atomic E-state index is 12.0. The molecular formula is C26H29N5O2. The van der Waals surface area contributed by atoms with E-state index >= 15 is 0 Å². The lowest BCUT2D eigenvalue weighted by molar-refractivity contribution is -0.139. The van der Waals surface area contributed by atoms with Crippen LogP contribution in [-0.4, -0.2) is 44.8 Å². The van der Waals surface area contributed by atoms with Gasteiger partial charge in [-0.2, -0.15) is 5.10 Å². The van der Waals surface area contributed by atoms with E-state index in [2.05, 4.69) is 69.5 Å². The highest BCUT2D eigenvalue weighted by Crippen LogP contribution is 2.23. The average molecular weight is 444 g/mol. The number of ether oxygens (including phenoxy) is 1. The first-order chi connectivity index (χ1) is 16.0. The van der Waals surface area contributed by atoms with Gasteiger partial charge in [0.15, 0.2) is 0 Å². The number of nitrogens with zero attached hydrogens (tertiary/aromatic N) is 3. The smallest absolute Gasteiger partial charge is 0.330 e. The molecule has 1 saturated heterocycles. The second-order valence-electron chi connectivity index (χ2n) is 8.90. The predicted molar refractivity (Wildman–Crippen MR) is 131 cm³/mol. The summed E-state index contributed by atoms with van der Waals surface area (Å²) in [6.45, 7) is 8.51. The SMILES string of the molecule is C=C(C)OC(=O)Cn1ccc2cc(CN3CCCC(Nc4ccc5[nH]ncc5c4)C3)ccc21. The summed E-state index contributed by atoms with van der Waals surface area (Å²) in [5.41, 5.74) is 4.52. The molecule has 0 saturated carbocycles. The number of esters is 1. The van der Waals surface area contributed by atoms with E-state index in [0.717, 1.165) is 47.1 Å². The number of anilines is 1. The van der Waals surface area contributed by atoms with Crippen molar-refractivity contribution in [1.82, 2.24) is 19.7 Å². The number of aromatic amines is 1. The Morgan fingerprint density at radius 1 is 1.24 bits per heavy atom. The van der Waals surface area contributed by atoms with Crippen molar-refractivity contribution in [3.8, 4) is 0 Å². The third-order valence-corrected chi connectivity index (χ3v) is 6.15. The number of fused-ring (bicyclic) bond motifs is 2. The molecule has 0 spiro atoms. The molecule has 7 heteroatoms. The molecular weight excluding hydrogens is 414 g/mol. The van der Waals surface area contributed by atoms with Gasteiger partial charge in [0.05, 0.1) is 17.5 Å². The summed E-state index contributed by atoms with van der Waals surface area (Å²) >= 11 is 0. The molecule has 0 radical (unpaired) electrons. The van der Waals surface area contributed by atoms with E-state index < -0.39 is 0 Å². The third-order valence-electron chi connectivity index (χ3n) is 6.15. The molecule has 7 nitrogen and oxygen atoms in total. The number of piperidine rings is 1. The molecule has 4 aromatic rings. The van der Waals surface area contributed by atoms with Gasteiger partial charge in [-0.05, 0) is 73.7 Å². The van der Waals surface area contributed by atoms with Gasteiger partial charge in [0, 0.05) is 41.9 Å². The van der Waals surface area contributed by atoms with E-state index in [9.17, 15) is 4.79 Å². The Kier molecular flexibility index (Phi) is 5.88. The van der Waals surface area contributed by atoms with Gasteiger partial charge in [-0.1, -0.05) is 12.6 Å². The second kappa shape index (κ2) is 9.11. The Hall–Kier alpha value is -3.58. The lowest BCUT2D eigenvalue weighted by Crippen LogP contribution is -2.41. The van der Waals surface area contributed by atoms with E-state index in [4.69, 9.17) is 4.74 Å². The highest BCUT2D eigenvalue weighted by Gasteiger charge is 2.20. The Morgan fingerprint density at radius 2 is 2.15 bits per heavy atom. The molecule has 1 fully saturated rings. The molecule has 2 aromatic heterocycles. The van der Waals surface area contributed by atoms with Gasteiger partial charge in [0.2, 0.25) is 0 Å². The standard InChI is InChI=1S/C26H29N5O2/c1-18(2)33-26(32)17-31-11-9-20-12-19(5-8-25(20)31)15-30-10-3-4-23(16-30)28-22-6-7-24-21(13-22)14-27-29-24/h5-9,11-14,23,28H,1,3-4,10,15-17H2,2H3,(H,27,29). The monoisotopic (exact) mass is 443 g/mol. The summed E-state index contributed by atoms with van der Waals surface area (Å²) in [5, 5.41) is 13.1. The number of H-pyrrole nitrogens is 1. The predicted octanol–water partition coefficient (Wildman–Crippen LogP) is 4.67. The minimum absolute atomic E-state index is 0.180. The molecule has 0 amide bonds. The van der Waals surface area contributed by atoms with Crippen LogP contribution < -0.4 is 5.32 Å². The Morgan fingerprint density at radius 3 is 3.03 bits per heavy atom. The van der Waals surface area contributed by atoms with E-state index in [0.29, 0.717) is 11.8 Å². The fraction of sp³-hybridized carbons (Fsp3) is 0.308. The number of rotatable bonds is 7. The van der Waals surface area contributed by atoms with E-state index in [-0.39, 0.29) is 12.5 Å². The zero-order chi connectivity index (χ0) is 22.8. The molecule has 2 aromatic carbocycles. The van der Waals surface area contributed by atoms with Crippen molar-refractivity contribution in [3.05, 3.63) is 72.8 Å². The van der Waals surface area contributed by atoms with Crippen LogP contribution in [0, 0.1) is 0 Å². The van der Waals surface area contributed by atoms with Crippen LogP contribution in [-0.2, 0) is 22.6 Å². The van der Waals surface area contributed by atoms with Gasteiger partial charge in [-0.25, -0.2) is 4.79 Å². The fourth-order valence-corrected chi connectivity index (χ4v) is 4.69. The molecule has 3 heterocycles. The van der Waals surface area contributed by atoms with Crippen molar-refractivity contribution >= 4 is 33.5 Å². The minimum Gasteiger partial charge on any atom is -0.431 e. The number of carbonyl (C=O) groups is 1. The van der Waals surface area contributed by atoms with Crippen LogP contribution in [0.3, 0.4) is 0 Å². The molecule has 1 atom stereocenters. The van der Waals surface area contributed by atoms with Crippen LogP contribution in [0.4, 0.5) is 5.69 Å². The molecule has 33 heavy (non-hydrogen) atoms. The number of carbonyl (C=O) groups excluding carboxylic acids is 1. The van der Waals surface area contributed by atoms with Crippen molar-refractivity contribution in [3.63, 3.8) is 0 Å². The molecule has 1 aliphatic heterocycles. The number of likely N-dealkylation sites (tertiary alicyclic amines) is 1. The van der Waals surface area contributed by atoms with Gasteiger partial charge in [0.1, 0.15) is 6.54 Å². The Balaban J connectivity index is 1.22. The Bertz CT molecular complexity index is 1300. The summed E-state index contributed by atoms with van der Waals surface area (Å²) in [6.07, 6.45) is 6.14. The maximum absolute atomic E-state index is 12.0. The fourth-order valence-electron chi connectivity index (χ4n) is 4.69. The summed E-state index contributed by atoms with van der Waals surface area (Å²) in [5.74, 6) is 0.109. The number of hydrogen-bond donors (Lipinski definition) is 2. The molecule has 1 unspecified atom stereocenters. The second-order valence-corrected chi connectivity index (χ2v) is 8.90. The molecule has 0 aliphatic carbocycles. The first kappa shape index (κ1) is 21.3. The van der Waals surface area contributed by atoms with E-state index in [1.807, 2.05) is 17.0 Å². The molecule has 0 bridgehead atoms. The lowest BCUT2D eigenvalue weighted by Gasteiger charge is -2.33. The number of nitrogens with one attached hydrogen (secondary N) is 2. The Labute approximate surface area is 193 Å². The topological polar surface area (TPSA) is 75.2 Å². The van der Waals surface area contributed by atoms with E-state index in [1.165, 1.54) is 18.4 Å². The summed E-state index contributed by atoms with van der Waals surface area (Å²) in [6, 6.07) is 15.3. The first-order valence-electron chi connectivity index (χ1n) is 11.4. The summed E-state index contributed by atoms with van der Waals surface area (Å²) in [7, 11) is 0. The number of benzene rings is 2. The van der Waals surface area contributed by atoms with Crippen LogP contribution in [0.15, 0.2) is 67.2 Å². The van der Waals surface area contributed by atoms with Crippen molar-refractivity contribution in [2.45, 2.75) is 38.9 Å². The van der Waals surface area contributed by atoms with Gasteiger partial charge in [-0.15, -0.1) is 0 Å². The van der Waals surface area contributed by atoms with Crippen LogP contribution in [0.25, 0.3) is 21.8 Å². The van der Waals surface area contributed by atoms with Gasteiger partial charge < -0.3 is 14.6 Å². The van der Waals surface area contributed by atoms with E-state index in [1.54, 1.807) is 6.92 Å². The van der Waals surface area contributed by atoms with Crippen molar-refractivity contribution in [1.29, 1.82) is 0 Å². The zero-order valence-corrected chi connectivity index (χ0v) is 18.9. The normalized spacial score (nSPS) is 16.8. The zero-order valence-electron chi connectivity index (χ0n) is 18.9. The van der Waals surface area contributed by atoms with Crippen molar-refractivity contribution < 1.29 is 9.53 Å². The number of allylic oxidation sites excluding steroid dienone is 1. The van der Waals surface area contributed by atoms with Crippen LogP contribution in [0.5, 0.6) is 0 Å². The summed E-state index contributed by atoms with van der Waals surface area (Å²) in [4.78, 5) is 14.5. The highest BCUT2D eigenvalue weighted by atomic mass is 16.5. The number of aromatic nitrogens is 3. The number of hydrogen-bond acceptors (Lipinski definition) is 5. The molecule has 5 rings (SSSR count). The lowest BCUT2D eigenvalue weighted by atomic mass is 10.0. The van der Waals surface area contributed by atoms with Gasteiger partial charge in [-0.3, -0.25) is 10.00 Å². The van der Waals surface area contributed by atoms with Crippen molar-refractivity contribution in [2.75, 3.05) is 18.4 Å². The maximum Gasteiger partial charge on any atom is 0.330 e. The molecule has 170 valence electrons. The van der Waals surface area contributed by atoms with Crippen LogP contribution in [0.1, 0.15) is 25.3 Å².